The van der Waals surface area contributed by atoms with Gasteiger partial charge in [0.05, 0.1) is 19.7 Å². The summed E-state index contributed by atoms with van der Waals surface area (Å²) < 4.78 is 22.4. The highest BCUT2D eigenvalue weighted by Crippen LogP contribution is 2.48. The number of nitrogens with zero attached hydrogens (tertiary/aromatic N) is 2. The highest BCUT2D eigenvalue weighted by Gasteiger charge is 2.56. The Morgan fingerprint density at radius 3 is 2.12 bits per heavy atom. The first kappa shape index (κ1) is 34.3. The van der Waals surface area contributed by atoms with E-state index in [4.69, 9.17) is 18.9 Å². The number of piperidine rings is 1. The first-order valence-electron chi connectivity index (χ1n) is 16.7. The molecule has 3 amide bonds. The van der Waals surface area contributed by atoms with Crippen molar-refractivity contribution in [2.75, 3.05) is 42.8 Å². The van der Waals surface area contributed by atoms with Crippen LogP contribution in [-0.2, 0) is 14.3 Å². The van der Waals surface area contributed by atoms with Gasteiger partial charge in [-0.25, -0.2) is 4.79 Å². The third-order valence-corrected chi connectivity index (χ3v) is 8.85. The van der Waals surface area contributed by atoms with E-state index >= 15 is 0 Å². The summed E-state index contributed by atoms with van der Waals surface area (Å²) in [5, 5.41) is 9.55. The summed E-state index contributed by atoms with van der Waals surface area (Å²) in [6, 6.07) is 20.1. The molecule has 1 saturated heterocycles. The molecule has 1 aromatic heterocycles. The topological polar surface area (TPSA) is 140 Å². The molecule has 3 N–H and O–H groups in total. The molecule has 262 valence electrons. The molecule has 4 aromatic rings. The zero-order chi connectivity index (χ0) is 35.5. The standard InChI is InChI=1S/C38H43N5O7/c1-37(2,3)50-36(46)42-25-14-19-43(20-15-25)27-11-9-24(10-12-27)40-34(44)38(16-17-38)35(45)41-26-7-6-8-28(21-26)49-31-13-18-39-30-23-33(48-5)32(47-4)22-29(30)31/h6-13,18,21-23,25H,14-17,19-20H2,1-5H3,(H,40,44)(H,41,45)(H,42,46). The fraction of sp³-hybridized carbons (Fsp3) is 0.368. The number of alkyl carbamates (subject to hydrolysis) is 1. The second kappa shape index (κ2) is 14.1. The zero-order valence-corrected chi connectivity index (χ0v) is 29.0. The van der Waals surface area contributed by atoms with E-state index in [9.17, 15) is 14.4 Å². The Kier molecular flexibility index (Phi) is 9.72. The molecule has 0 atom stereocenters. The predicted molar refractivity (Wildman–Crippen MR) is 191 cm³/mol. The minimum Gasteiger partial charge on any atom is -0.493 e. The van der Waals surface area contributed by atoms with E-state index in [1.807, 2.05) is 51.1 Å². The number of carbonyl (C=O) groups excluding carboxylic acids is 3. The summed E-state index contributed by atoms with van der Waals surface area (Å²) >= 11 is 0. The van der Waals surface area contributed by atoms with E-state index in [2.05, 4.69) is 25.8 Å². The lowest BCUT2D eigenvalue weighted by molar-refractivity contribution is -0.131. The number of hydrogen-bond donors (Lipinski definition) is 3. The molecule has 1 aliphatic carbocycles. The Labute approximate surface area is 291 Å². The highest BCUT2D eigenvalue weighted by atomic mass is 16.6. The maximum atomic E-state index is 13.4. The van der Waals surface area contributed by atoms with Gasteiger partial charge in [0, 0.05) is 59.9 Å². The number of methoxy groups -OCH3 is 2. The Bertz CT molecular complexity index is 1880. The van der Waals surface area contributed by atoms with Gasteiger partial charge in [-0.15, -0.1) is 0 Å². The maximum Gasteiger partial charge on any atom is 0.407 e. The highest BCUT2D eigenvalue weighted by molar-refractivity contribution is 6.17. The fourth-order valence-electron chi connectivity index (χ4n) is 6.00. The van der Waals surface area contributed by atoms with Gasteiger partial charge in [0.2, 0.25) is 11.8 Å². The quantitative estimate of drug-likeness (QED) is 0.153. The van der Waals surface area contributed by atoms with Crippen molar-refractivity contribution in [2.45, 2.75) is 58.1 Å². The normalized spacial score (nSPS) is 15.5. The van der Waals surface area contributed by atoms with E-state index in [0.29, 0.717) is 52.7 Å². The largest absolute Gasteiger partial charge is 0.493 e. The molecular formula is C38H43N5O7. The SMILES string of the molecule is COc1cc2nccc(Oc3cccc(NC(=O)C4(C(=O)Nc5ccc(N6CCC(NC(=O)OC(C)(C)C)CC6)cc5)CC4)c3)c2cc1OC. The first-order valence-corrected chi connectivity index (χ1v) is 16.7. The molecule has 12 heteroatoms. The Hall–Kier alpha value is -5.52. The van der Waals surface area contributed by atoms with Crippen LogP contribution in [0.25, 0.3) is 10.9 Å². The van der Waals surface area contributed by atoms with Crippen molar-refractivity contribution in [3.63, 3.8) is 0 Å². The van der Waals surface area contributed by atoms with Crippen LogP contribution < -0.4 is 35.1 Å². The molecule has 0 unspecified atom stereocenters. The van der Waals surface area contributed by atoms with Crippen LogP contribution in [0, 0.1) is 5.41 Å². The molecule has 2 heterocycles. The number of rotatable bonds is 10. The van der Waals surface area contributed by atoms with Crippen molar-refractivity contribution in [2.24, 2.45) is 5.41 Å². The van der Waals surface area contributed by atoms with Gasteiger partial charge in [-0.2, -0.15) is 0 Å². The minimum atomic E-state index is -1.14. The lowest BCUT2D eigenvalue weighted by atomic mass is 10.0. The lowest BCUT2D eigenvalue weighted by Gasteiger charge is -2.34. The molecular weight excluding hydrogens is 638 g/mol. The van der Waals surface area contributed by atoms with Gasteiger partial charge in [0.15, 0.2) is 11.5 Å². The number of hydrogen-bond acceptors (Lipinski definition) is 9. The predicted octanol–water partition coefficient (Wildman–Crippen LogP) is 6.90. The molecule has 6 rings (SSSR count). The van der Waals surface area contributed by atoms with Gasteiger partial charge in [0.1, 0.15) is 22.5 Å². The van der Waals surface area contributed by atoms with Gasteiger partial charge in [0.25, 0.3) is 0 Å². The van der Waals surface area contributed by atoms with Crippen molar-refractivity contribution in [3.05, 3.63) is 72.9 Å². The molecule has 2 fully saturated rings. The molecule has 12 nitrogen and oxygen atoms in total. The number of benzene rings is 3. The number of amides is 3. The summed E-state index contributed by atoms with van der Waals surface area (Å²) in [6.45, 7) is 7.11. The van der Waals surface area contributed by atoms with Crippen molar-refractivity contribution in [3.8, 4) is 23.0 Å². The third kappa shape index (κ3) is 7.85. The van der Waals surface area contributed by atoms with Crippen LogP contribution in [0.4, 0.5) is 21.9 Å². The van der Waals surface area contributed by atoms with Gasteiger partial charge in [-0.1, -0.05) is 6.07 Å². The summed E-state index contributed by atoms with van der Waals surface area (Å²) in [5.41, 5.74) is 1.16. The first-order chi connectivity index (χ1) is 24.0. The van der Waals surface area contributed by atoms with Gasteiger partial charge < -0.3 is 39.8 Å². The Balaban J connectivity index is 1.04. The van der Waals surface area contributed by atoms with Crippen LogP contribution in [0.1, 0.15) is 46.5 Å². The van der Waals surface area contributed by atoms with E-state index in [1.54, 1.807) is 56.8 Å². The Morgan fingerprint density at radius 1 is 0.820 bits per heavy atom. The number of nitrogens with one attached hydrogen (secondary N) is 3. The van der Waals surface area contributed by atoms with Crippen LogP contribution >= 0.6 is 0 Å². The average molecular weight is 682 g/mol. The minimum absolute atomic E-state index is 0.0620. The summed E-state index contributed by atoms with van der Waals surface area (Å²) in [7, 11) is 3.13. The van der Waals surface area contributed by atoms with Crippen LogP contribution in [0.15, 0.2) is 72.9 Å². The molecule has 1 aliphatic heterocycles. The number of fused-ring (bicyclic) bond motifs is 1. The molecule has 2 aliphatic rings. The van der Waals surface area contributed by atoms with Crippen molar-refractivity contribution in [1.29, 1.82) is 0 Å². The van der Waals surface area contributed by atoms with E-state index in [-0.39, 0.29) is 23.9 Å². The number of aromatic nitrogens is 1. The number of ether oxygens (including phenoxy) is 4. The van der Waals surface area contributed by atoms with Crippen molar-refractivity contribution in [1.82, 2.24) is 10.3 Å². The second-order valence-corrected chi connectivity index (χ2v) is 13.6. The second-order valence-electron chi connectivity index (χ2n) is 13.6. The van der Waals surface area contributed by atoms with Crippen LogP contribution in [-0.4, -0.2) is 61.8 Å². The number of pyridine rings is 1. The van der Waals surface area contributed by atoms with Crippen molar-refractivity contribution < 1.29 is 33.3 Å². The molecule has 0 bridgehead atoms. The fourth-order valence-corrected chi connectivity index (χ4v) is 6.00. The smallest absolute Gasteiger partial charge is 0.407 e. The van der Waals surface area contributed by atoms with Crippen LogP contribution in [0.3, 0.4) is 0 Å². The molecule has 0 radical (unpaired) electrons. The third-order valence-electron chi connectivity index (χ3n) is 8.85. The molecule has 0 spiro atoms. The summed E-state index contributed by atoms with van der Waals surface area (Å²) in [5.74, 6) is 1.47. The monoisotopic (exact) mass is 681 g/mol. The maximum absolute atomic E-state index is 13.4. The zero-order valence-electron chi connectivity index (χ0n) is 29.0. The van der Waals surface area contributed by atoms with Gasteiger partial charge in [-0.3, -0.25) is 14.6 Å². The lowest BCUT2D eigenvalue weighted by Crippen LogP contribution is -2.46. The van der Waals surface area contributed by atoms with Crippen molar-refractivity contribution >= 4 is 45.9 Å². The van der Waals surface area contributed by atoms with Gasteiger partial charge in [-0.05, 0) is 95.0 Å². The average Bonchev–Trinajstić information content (AvgIpc) is 3.91. The van der Waals surface area contributed by atoms with E-state index < -0.39 is 11.0 Å². The van der Waals surface area contributed by atoms with Crippen LogP contribution in [0.2, 0.25) is 0 Å². The van der Waals surface area contributed by atoms with Crippen LogP contribution in [0.5, 0.6) is 23.0 Å². The summed E-state index contributed by atoms with van der Waals surface area (Å²) in [4.78, 5) is 45.6. The molecule has 3 aromatic carbocycles. The molecule has 1 saturated carbocycles. The van der Waals surface area contributed by atoms with E-state index in [0.717, 1.165) is 37.0 Å². The number of anilines is 3. The van der Waals surface area contributed by atoms with Gasteiger partial charge >= 0.3 is 6.09 Å². The van der Waals surface area contributed by atoms with E-state index in [1.165, 1.54) is 0 Å². The number of carbonyl (C=O) groups is 3. The summed E-state index contributed by atoms with van der Waals surface area (Å²) in [6.07, 6.45) is 3.78. The Morgan fingerprint density at radius 2 is 1.48 bits per heavy atom. The molecule has 50 heavy (non-hydrogen) atoms.